The predicted molar refractivity (Wildman–Crippen MR) is 66.0 cm³/mol. The van der Waals surface area contributed by atoms with Crippen LogP contribution in [-0.4, -0.2) is 29.5 Å². The second-order valence-corrected chi connectivity index (χ2v) is 5.42. The molecule has 1 saturated heterocycles. The Balaban J connectivity index is 2.13. The van der Waals surface area contributed by atoms with E-state index in [4.69, 9.17) is 5.73 Å². The van der Waals surface area contributed by atoms with Gasteiger partial charge in [0.1, 0.15) is 0 Å². The van der Waals surface area contributed by atoms with Gasteiger partial charge in [-0.1, -0.05) is 13.8 Å². The SMILES string of the molecule is CC1(C)CCN(C(CN)c2ccncc2)C1. The lowest BCUT2D eigenvalue weighted by atomic mass is 9.93. The summed E-state index contributed by atoms with van der Waals surface area (Å²) in [6, 6.07) is 4.50. The molecule has 2 N–H and O–H groups in total. The normalized spacial score (nSPS) is 22.2. The van der Waals surface area contributed by atoms with Gasteiger partial charge < -0.3 is 5.73 Å². The molecule has 1 aliphatic heterocycles. The topological polar surface area (TPSA) is 42.1 Å². The Morgan fingerprint density at radius 2 is 2.12 bits per heavy atom. The van der Waals surface area contributed by atoms with Gasteiger partial charge in [0.25, 0.3) is 0 Å². The number of hydrogen-bond acceptors (Lipinski definition) is 3. The van der Waals surface area contributed by atoms with E-state index in [9.17, 15) is 0 Å². The van der Waals surface area contributed by atoms with Crippen LogP contribution in [0, 0.1) is 5.41 Å². The number of nitrogens with zero attached hydrogens (tertiary/aromatic N) is 2. The molecule has 1 aromatic heterocycles. The summed E-state index contributed by atoms with van der Waals surface area (Å²) in [5.41, 5.74) is 7.63. The minimum atomic E-state index is 0.352. The van der Waals surface area contributed by atoms with Crippen molar-refractivity contribution in [2.24, 2.45) is 11.1 Å². The Bertz CT molecular complexity index is 334. The van der Waals surface area contributed by atoms with Gasteiger partial charge in [-0.05, 0) is 36.1 Å². The first-order valence-corrected chi connectivity index (χ1v) is 5.96. The molecule has 3 nitrogen and oxygen atoms in total. The molecule has 0 aliphatic carbocycles. The van der Waals surface area contributed by atoms with Crippen LogP contribution in [0.5, 0.6) is 0 Å². The molecule has 1 aliphatic rings. The highest BCUT2D eigenvalue weighted by molar-refractivity contribution is 5.16. The van der Waals surface area contributed by atoms with Gasteiger partial charge in [-0.25, -0.2) is 0 Å². The van der Waals surface area contributed by atoms with E-state index in [0.717, 1.165) is 13.1 Å². The zero-order valence-corrected chi connectivity index (χ0v) is 10.2. The number of likely N-dealkylation sites (tertiary alicyclic amines) is 1. The molecular weight excluding hydrogens is 198 g/mol. The Kier molecular flexibility index (Phi) is 3.26. The third-order valence-electron chi connectivity index (χ3n) is 3.46. The van der Waals surface area contributed by atoms with Gasteiger partial charge in [-0.2, -0.15) is 0 Å². The first kappa shape index (κ1) is 11.6. The van der Waals surface area contributed by atoms with Gasteiger partial charge >= 0.3 is 0 Å². The highest BCUT2D eigenvalue weighted by Gasteiger charge is 2.33. The smallest absolute Gasteiger partial charge is 0.0471 e. The number of nitrogens with two attached hydrogens (primary N) is 1. The monoisotopic (exact) mass is 219 g/mol. The summed E-state index contributed by atoms with van der Waals surface area (Å²) in [7, 11) is 0. The summed E-state index contributed by atoms with van der Waals surface area (Å²) in [5, 5.41) is 0. The van der Waals surface area contributed by atoms with Crippen molar-refractivity contribution in [2.75, 3.05) is 19.6 Å². The summed E-state index contributed by atoms with van der Waals surface area (Å²) in [5.74, 6) is 0. The van der Waals surface area contributed by atoms with Gasteiger partial charge in [-0.15, -0.1) is 0 Å². The third kappa shape index (κ3) is 2.42. The Hall–Kier alpha value is -0.930. The molecule has 3 heteroatoms. The molecule has 2 rings (SSSR count). The molecular formula is C13H21N3. The molecule has 0 saturated carbocycles. The van der Waals surface area contributed by atoms with E-state index in [2.05, 4.69) is 35.9 Å². The lowest BCUT2D eigenvalue weighted by molar-refractivity contribution is 0.223. The van der Waals surface area contributed by atoms with E-state index >= 15 is 0 Å². The average Bonchev–Trinajstić information content (AvgIpc) is 2.62. The Morgan fingerprint density at radius 1 is 1.44 bits per heavy atom. The first-order chi connectivity index (χ1) is 7.62. The van der Waals surface area contributed by atoms with Gasteiger partial charge in [0.15, 0.2) is 0 Å². The molecule has 2 heterocycles. The lowest BCUT2D eigenvalue weighted by Gasteiger charge is -2.28. The van der Waals surface area contributed by atoms with Gasteiger partial charge in [0.05, 0.1) is 0 Å². The molecule has 0 bridgehead atoms. The minimum absolute atomic E-state index is 0.352. The highest BCUT2D eigenvalue weighted by atomic mass is 15.2. The fourth-order valence-corrected chi connectivity index (χ4v) is 2.50. The molecule has 16 heavy (non-hydrogen) atoms. The van der Waals surface area contributed by atoms with Crippen molar-refractivity contribution in [3.8, 4) is 0 Å². The molecule has 1 aromatic rings. The summed E-state index contributed by atoms with van der Waals surface area (Å²) in [6.07, 6.45) is 4.95. The molecule has 1 atom stereocenters. The number of pyridine rings is 1. The molecule has 0 amide bonds. The summed E-state index contributed by atoms with van der Waals surface area (Å²) in [6.45, 7) is 7.62. The second kappa shape index (κ2) is 4.52. The molecule has 0 aromatic carbocycles. The highest BCUT2D eigenvalue weighted by Crippen LogP contribution is 2.34. The van der Waals surface area contributed by atoms with Gasteiger partial charge in [-0.3, -0.25) is 9.88 Å². The van der Waals surface area contributed by atoms with Crippen LogP contribution in [0.4, 0.5) is 0 Å². The van der Waals surface area contributed by atoms with Crippen molar-refractivity contribution in [3.05, 3.63) is 30.1 Å². The first-order valence-electron chi connectivity index (χ1n) is 5.96. The van der Waals surface area contributed by atoms with Crippen molar-refractivity contribution in [1.29, 1.82) is 0 Å². The maximum atomic E-state index is 5.91. The van der Waals surface area contributed by atoms with Crippen LogP contribution in [0.1, 0.15) is 31.9 Å². The molecule has 0 radical (unpaired) electrons. The van der Waals surface area contributed by atoms with Crippen molar-refractivity contribution in [1.82, 2.24) is 9.88 Å². The number of aromatic nitrogens is 1. The maximum Gasteiger partial charge on any atom is 0.0471 e. The largest absolute Gasteiger partial charge is 0.329 e. The van der Waals surface area contributed by atoms with Crippen molar-refractivity contribution in [3.63, 3.8) is 0 Å². The maximum absolute atomic E-state index is 5.91. The van der Waals surface area contributed by atoms with E-state index < -0.39 is 0 Å². The van der Waals surface area contributed by atoms with Crippen LogP contribution in [0.2, 0.25) is 0 Å². The van der Waals surface area contributed by atoms with Crippen LogP contribution >= 0.6 is 0 Å². The second-order valence-electron chi connectivity index (χ2n) is 5.42. The van der Waals surface area contributed by atoms with Crippen molar-refractivity contribution < 1.29 is 0 Å². The van der Waals surface area contributed by atoms with E-state index in [1.54, 1.807) is 0 Å². The zero-order valence-electron chi connectivity index (χ0n) is 10.2. The third-order valence-corrected chi connectivity index (χ3v) is 3.46. The van der Waals surface area contributed by atoms with Crippen molar-refractivity contribution in [2.45, 2.75) is 26.3 Å². The van der Waals surface area contributed by atoms with Crippen LogP contribution in [0.3, 0.4) is 0 Å². The minimum Gasteiger partial charge on any atom is -0.329 e. The Morgan fingerprint density at radius 3 is 2.62 bits per heavy atom. The Labute approximate surface area is 97.7 Å². The molecule has 88 valence electrons. The number of rotatable bonds is 3. The summed E-state index contributed by atoms with van der Waals surface area (Å²) < 4.78 is 0. The van der Waals surface area contributed by atoms with Crippen LogP contribution < -0.4 is 5.73 Å². The molecule has 1 fully saturated rings. The standard InChI is InChI=1S/C13H21N3/c1-13(2)5-8-16(10-13)12(9-14)11-3-6-15-7-4-11/h3-4,6-7,12H,5,8-10,14H2,1-2H3. The average molecular weight is 219 g/mol. The predicted octanol–water partition coefficient (Wildman–Crippen LogP) is 1.81. The fourth-order valence-electron chi connectivity index (χ4n) is 2.50. The summed E-state index contributed by atoms with van der Waals surface area (Å²) in [4.78, 5) is 6.55. The van der Waals surface area contributed by atoms with Crippen LogP contribution in [0.25, 0.3) is 0 Å². The van der Waals surface area contributed by atoms with E-state index in [-0.39, 0.29) is 0 Å². The van der Waals surface area contributed by atoms with E-state index in [1.807, 2.05) is 12.4 Å². The van der Waals surface area contributed by atoms with E-state index in [0.29, 0.717) is 18.0 Å². The number of hydrogen-bond donors (Lipinski definition) is 1. The van der Waals surface area contributed by atoms with E-state index in [1.165, 1.54) is 12.0 Å². The quantitative estimate of drug-likeness (QED) is 0.843. The van der Waals surface area contributed by atoms with Gasteiger partial charge in [0.2, 0.25) is 0 Å². The zero-order chi connectivity index (χ0) is 11.6. The van der Waals surface area contributed by atoms with Crippen LogP contribution in [0.15, 0.2) is 24.5 Å². The molecule has 1 unspecified atom stereocenters. The lowest BCUT2D eigenvalue weighted by Crippen LogP contribution is -2.33. The summed E-state index contributed by atoms with van der Waals surface area (Å²) >= 11 is 0. The fraction of sp³-hybridized carbons (Fsp3) is 0.615. The van der Waals surface area contributed by atoms with Crippen molar-refractivity contribution >= 4 is 0 Å². The van der Waals surface area contributed by atoms with Gasteiger partial charge in [0, 0.05) is 31.5 Å². The van der Waals surface area contributed by atoms with Crippen LogP contribution in [-0.2, 0) is 0 Å². The molecule has 0 spiro atoms.